The third kappa shape index (κ3) is 14.9. The monoisotopic (exact) mass is 650 g/mol. The molecule has 1 fully saturated rings. The number of unbranched alkanes of at least 4 members (excludes halogenated alkanes) is 1. The maximum atomic E-state index is 13.9. The van der Waals surface area contributed by atoms with Crippen molar-refractivity contribution in [1.82, 2.24) is 20.4 Å². The summed E-state index contributed by atoms with van der Waals surface area (Å²) in [6.45, 7) is 4.17. The molecule has 0 saturated heterocycles. The van der Waals surface area contributed by atoms with Gasteiger partial charge in [-0.15, -0.1) is 24.7 Å². The first kappa shape index (κ1) is 39.8. The molecule has 0 spiro atoms. The lowest BCUT2D eigenvalue weighted by molar-refractivity contribution is -0.137. The molecule has 5 atom stereocenters. The van der Waals surface area contributed by atoms with Gasteiger partial charge in [0.15, 0.2) is 0 Å². The van der Waals surface area contributed by atoms with Gasteiger partial charge in [0.1, 0.15) is 6.04 Å². The summed E-state index contributed by atoms with van der Waals surface area (Å²) < 4.78 is 0. The van der Waals surface area contributed by atoms with E-state index in [9.17, 15) is 24.6 Å². The highest BCUT2D eigenvalue weighted by Crippen LogP contribution is 2.29. The van der Waals surface area contributed by atoms with Gasteiger partial charge in [0.25, 0.3) is 0 Å². The van der Waals surface area contributed by atoms with Gasteiger partial charge in [-0.1, -0.05) is 69.4 Å². The summed E-state index contributed by atoms with van der Waals surface area (Å²) in [4.78, 5) is 44.7. The van der Waals surface area contributed by atoms with E-state index in [0.717, 1.165) is 44.3 Å². The normalized spacial score (nSPS) is 16.6. The first-order chi connectivity index (χ1) is 22.6. The summed E-state index contributed by atoms with van der Waals surface area (Å²) >= 11 is 0. The number of carbonyl (C=O) groups is 3. The largest absolute Gasteiger partial charge is 0.390 e. The van der Waals surface area contributed by atoms with Crippen molar-refractivity contribution in [2.24, 2.45) is 11.8 Å². The maximum Gasteiger partial charge on any atom is 0.242 e. The molecule has 4 N–H and O–H groups in total. The molecule has 0 bridgehead atoms. The molecule has 1 aromatic rings. The van der Waals surface area contributed by atoms with E-state index < -0.39 is 42.0 Å². The zero-order chi connectivity index (χ0) is 34.6. The van der Waals surface area contributed by atoms with Gasteiger partial charge in [-0.3, -0.25) is 14.4 Å². The summed E-state index contributed by atoms with van der Waals surface area (Å²) in [5, 5.41) is 27.9. The van der Waals surface area contributed by atoms with Crippen LogP contribution >= 0.6 is 0 Å². The van der Waals surface area contributed by atoms with Crippen molar-refractivity contribution in [3.8, 4) is 24.7 Å². The van der Waals surface area contributed by atoms with Gasteiger partial charge in [-0.2, -0.15) is 0 Å². The molecule has 1 aliphatic rings. The van der Waals surface area contributed by atoms with Crippen molar-refractivity contribution in [2.45, 2.75) is 115 Å². The number of terminal acetylenes is 2. The minimum Gasteiger partial charge on any atom is -0.390 e. The number of amides is 3. The number of nitrogens with zero attached hydrogens (tertiary/aromatic N) is 2. The van der Waals surface area contributed by atoms with Crippen molar-refractivity contribution >= 4 is 17.7 Å². The SMILES string of the molecule is C#CCCCC(O)[C@H](O)C(CC1CCCCC1)NC(=O)[C@H](CCC#C)NC(=O)C(CC(=O)N(C)CCN(C)CC)Cc1ccccc1. The van der Waals surface area contributed by atoms with Crippen LogP contribution in [-0.4, -0.2) is 95.8 Å². The predicted octanol–water partition coefficient (Wildman–Crippen LogP) is 3.52. The van der Waals surface area contributed by atoms with Gasteiger partial charge in [0, 0.05) is 39.4 Å². The second kappa shape index (κ2) is 22.2. The Balaban J connectivity index is 2.23. The average molecular weight is 651 g/mol. The Morgan fingerprint density at radius 2 is 1.62 bits per heavy atom. The molecule has 3 unspecified atom stereocenters. The Kier molecular flexibility index (Phi) is 18.8. The Labute approximate surface area is 283 Å². The van der Waals surface area contributed by atoms with E-state index in [0.29, 0.717) is 44.6 Å². The number of rotatable bonds is 21. The fraction of sp³-hybridized carbons (Fsp3) is 0.658. The molecule has 9 heteroatoms. The van der Waals surface area contributed by atoms with Gasteiger partial charge in [0.05, 0.1) is 24.2 Å². The standard InChI is InChI=1S/C38H58N4O5/c1-6-9-13-23-34(43)36(45)33(27-30-20-16-12-17-21-30)40-38(47)32(22-10-7-2)39-37(46)31(26-29-18-14-11-15-19-29)28-35(44)42(5)25-24-41(4)8-3/h1-2,11,14-15,18-19,30-34,36,43,45H,8-10,12-13,16-17,20-28H2,3-5H3,(H,39,46)(H,40,47)/t31?,32-,33?,34?,36+/m0/s1. The van der Waals surface area contributed by atoms with Crippen LogP contribution in [0.4, 0.5) is 0 Å². The lowest BCUT2D eigenvalue weighted by Crippen LogP contribution is -2.56. The highest BCUT2D eigenvalue weighted by molar-refractivity contribution is 5.91. The molecule has 2 rings (SSSR count). The molecule has 1 aromatic carbocycles. The highest BCUT2D eigenvalue weighted by Gasteiger charge is 2.34. The zero-order valence-corrected chi connectivity index (χ0v) is 28.8. The number of carbonyl (C=O) groups excluding carboxylic acids is 3. The molecular formula is C38H58N4O5. The van der Waals surface area contributed by atoms with E-state index in [1.165, 1.54) is 6.42 Å². The lowest BCUT2D eigenvalue weighted by atomic mass is 9.82. The molecule has 1 saturated carbocycles. The van der Waals surface area contributed by atoms with Gasteiger partial charge < -0.3 is 30.6 Å². The summed E-state index contributed by atoms with van der Waals surface area (Å²) in [6.07, 6.45) is 16.7. The summed E-state index contributed by atoms with van der Waals surface area (Å²) in [6, 6.07) is 7.84. The van der Waals surface area contributed by atoms with Gasteiger partial charge in [0.2, 0.25) is 17.7 Å². The second-order valence-electron chi connectivity index (χ2n) is 13.1. The van der Waals surface area contributed by atoms with E-state index in [1.807, 2.05) is 37.4 Å². The van der Waals surface area contributed by atoms with Gasteiger partial charge >= 0.3 is 0 Å². The van der Waals surface area contributed by atoms with E-state index in [-0.39, 0.29) is 25.2 Å². The predicted molar refractivity (Wildman–Crippen MR) is 187 cm³/mol. The fourth-order valence-electron chi connectivity index (χ4n) is 6.11. The molecule has 9 nitrogen and oxygen atoms in total. The molecule has 47 heavy (non-hydrogen) atoms. The quantitative estimate of drug-likeness (QED) is 0.119. The van der Waals surface area contributed by atoms with Crippen LogP contribution in [0.5, 0.6) is 0 Å². The van der Waals surface area contributed by atoms with Gasteiger partial charge in [-0.05, 0) is 57.2 Å². The van der Waals surface area contributed by atoms with E-state index in [1.54, 1.807) is 11.9 Å². The van der Waals surface area contributed by atoms with Crippen molar-refractivity contribution in [3.63, 3.8) is 0 Å². The molecule has 0 radical (unpaired) electrons. The molecular weight excluding hydrogens is 592 g/mol. The number of aliphatic hydroxyl groups is 2. The van der Waals surface area contributed by atoms with Gasteiger partial charge in [-0.25, -0.2) is 0 Å². The third-order valence-corrected chi connectivity index (χ3v) is 9.38. The molecule has 0 heterocycles. The number of benzene rings is 1. The van der Waals surface area contributed by atoms with Crippen LogP contribution in [-0.2, 0) is 20.8 Å². The van der Waals surface area contributed by atoms with Crippen LogP contribution < -0.4 is 10.6 Å². The Hall–Kier alpha value is -3.37. The first-order valence-electron chi connectivity index (χ1n) is 17.4. The van der Waals surface area contributed by atoms with Crippen molar-refractivity contribution in [1.29, 1.82) is 0 Å². The zero-order valence-electron chi connectivity index (χ0n) is 28.8. The van der Waals surface area contributed by atoms with Crippen molar-refractivity contribution < 1.29 is 24.6 Å². The number of aliphatic hydroxyl groups excluding tert-OH is 2. The number of nitrogens with one attached hydrogen (secondary N) is 2. The highest BCUT2D eigenvalue weighted by atomic mass is 16.3. The summed E-state index contributed by atoms with van der Waals surface area (Å²) in [7, 11) is 3.73. The molecule has 1 aliphatic carbocycles. The second-order valence-corrected chi connectivity index (χ2v) is 13.1. The first-order valence-corrected chi connectivity index (χ1v) is 17.4. The Morgan fingerprint density at radius 1 is 0.936 bits per heavy atom. The molecule has 0 aliphatic heterocycles. The van der Waals surface area contributed by atoms with E-state index >= 15 is 0 Å². The van der Waals surface area contributed by atoms with Crippen LogP contribution in [0.3, 0.4) is 0 Å². The number of likely N-dealkylation sites (N-methyl/N-ethyl adjacent to an activating group) is 2. The number of hydrogen-bond acceptors (Lipinski definition) is 6. The summed E-state index contributed by atoms with van der Waals surface area (Å²) in [5.41, 5.74) is 0.910. The van der Waals surface area contributed by atoms with Crippen LogP contribution in [0.25, 0.3) is 0 Å². The summed E-state index contributed by atoms with van der Waals surface area (Å²) in [5.74, 6) is 3.70. The molecule has 0 aromatic heterocycles. The maximum absolute atomic E-state index is 13.9. The Bertz CT molecular complexity index is 1160. The molecule has 260 valence electrons. The fourth-order valence-corrected chi connectivity index (χ4v) is 6.11. The van der Waals surface area contributed by atoms with E-state index in [2.05, 4.69) is 34.3 Å². The minimum absolute atomic E-state index is 0.0105. The van der Waals surface area contributed by atoms with Crippen molar-refractivity contribution in [3.05, 3.63) is 35.9 Å². The van der Waals surface area contributed by atoms with Crippen LogP contribution in [0.2, 0.25) is 0 Å². The molecule has 3 amide bonds. The van der Waals surface area contributed by atoms with Crippen LogP contribution in [0.15, 0.2) is 30.3 Å². The minimum atomic E-state index is -1.19. The number of hydrogen-bond donors (Lipinski definition) is 4. The smallest absolute Gasteiger partial charge is 0.242 e. The topological polar surface area (TPSA) is 122 Å². The Morgan fingerprint density at radius 3 is 2.26 bits per heavy atom. The van der Waals surface area contributed by atoms with Crippen LogP contribution in [0, 0.1) is 36.5 Å². The van der Waals surface area contributed by atoms with Crippen LogP contribution in [0.1, 0.15) is 89.5 Å². The third-order valence-electron chi connectivity index (χ3n) is 9.38. The lowest BCUT2D eigenvalue weighted by Gasteiger charge is -2.33. The average Bonchev–Trinajstić information content (AvgIpc) is 3.08. The van der Waals surface area contributed by atoms with E-state index in [4.69, 9.17) is 12.8 Å². The van der Waals surface area contributed by atoms with Crippen molar-refractivity contribution in [2.75, 3.05) is 33.7 Å².